The van der Waals surface area contributed by atoms with Crippen LogP contribution in [0.1, 0.15) is 65.8 Å². The first-order valence-electron chi connectivity index (χ1n) is 13.3. The van der Waals surface area contributed by atoms with Gasteiger partial charge in [-0.05, 0) is 84.9 Å². The molecule has 2 aliphatic heterocycles. The lowest BCUT2D eigenvalue weighted by molar-refractivity contribution is -0.0841. The van der Waals surface area contributed by atoms with E-state index in [1.54, 1.807) is 0 Å². The zero-order valence-corrected chi connectivity index (χ0v) is 21.2. The number of aryl methyl sites for hydroxylation is 1. The second-order valence-corrected chi connectivity index (χ2v) is 11.1. The molecule has 3 aromatic rings. The van der Waals surface area contributed by atoms with Crippen LogP contribution >= 0.6 is 0 Å². The fraction of sp³-hybridized carbons (Fsp3) is 0.406. The summed E-state index contributed by atoms with van der Waals surface area (Å²) in [5.74, 6) is 0.0622. The van der Waals surface area contributed by atoms with Gasteiger partial charge in [-0.2, -0.15) is 0 Å². The first kappa shape index (κ1) is 23.3. The Balaban J connectivity index is 1.18. The number of carbonyl (C=O) groups excluding carboxylic acids is 1. The highest BCUT2D eigenvalue weighted by Crippen LogP contribution is 2.45. The molecular weight excluding hydrogens is 446 g/mol. The lowest BCUT2D eigenvalue weighted by atomic mass is 9.73. The van der Waals surface area contributed by atoms with E-state index in [1.807, 2.05) is 4.90 Å². The summed E-state index contributed by atoms with van der Waals surface area (Å²) in [7, 11) is 0. The molecule has 1 amide bonds. The molecule has 36 heavy (non-hydrogen) atoms. The van der Waals surface area contributed by atoms with Gasteiger partial charge in [0.15, 0.2) is 0 Å². The van der Waals surface area contributed by atoms with Gasteiger partial charge in [0.25, 0.3) is 0 Å². The number of aliphatic hydroxyl groups is 1. The van der Waals surface area contributed by atoms with Crippen molar-refractivity contribution in [3.63, 3.8) is 0 Å². The molecule has 0 spiro atoms. The summed E-state index contributed by atoms with van der Waals surface area (Å²) in [6.07, 6.45) is 4.60. The molecule has 2 bridgehead atoms. The van der Waals surface area contributed by atoms with Crippen LogP contribution in [0.4, 0.5) is 4.79 Å². The second-order valence-electron chi connectivity index (χ2n) is 11.1. The first-order chi connectivity index (χ1) is 17.4. The Bertz CT molecular complexity index is 1240. The van der Waals surface area contributed by atoms with Crippen molar-refractivity contribution in [2.45, 2.75) is 76.0 Å². The smallest absolute Gasteiger partial charge is 0.410 e. The average Bonchev–Trinajstić information content (AvgIpc) is 3.18. The molecule has 0 aromatic heterocycles. The molecule has 1 N–H and O–H groups in total. The Labute approximate surface area is 213 Å². The normalized spacial score (nSPS) is 24.8. The number of benzene rings is 3. The van der Waals surface area contributed by atoms with Gasteiger partial charge in [0.2, 0.25) is 0 Å². The Morgan fingerprint density at radius 2 is 1.53 bits per heavy atom. The van der Waals surface area contributed by atoms with E-state index in [-0.39, 0.29) is 24.1 Å². The molecule has 4 nitrogen and oxygen atoms in total. The van der Waals surface area contributed by atoms with E-state index < -0.39 is 5.60 Å². The van der Waals surface area contributed by atoms with E-state index in [0.29, 0.717) is 25.9 Å². The average molecular weight is 482 g/mol. The first-order valence-corrected chi connectivity index (χ1v) is 13.3. The fourth-order valence-electron chi connectivity index (χ4n) is 7.00. The number of ether oxygens (including phenoxy) is 1. The number of rotatable bonds is 4. The maximum absolute atomic E-state index is 13.5. The molecule has 2 unspecified atom stereocenters. The summed E-state index contributed by atoms with van der Waals surface area (Å²) in [6, 6.07) is 23.3. The van der Waals surface area contributed by atoms with Gasteiger partial charge in [0.1, 0.15) is 6.61 Å². The Morgan fingerprint density at radius 3 is 2.17 bits per heavy atom. The minimum atomic E-state index is -0.783. The number of fused-ring (bicyclic) bond motifs is 5. The molecule has 2 saturated heterocycles. The summed E-state index contributed by atoms with van der Waals surface area (Å²) >= 11 is 0. The minimum Gasteiger partial charge on any atom is -0.448 e. The number of amides is 1. The predicted molar refractivity (Wildman–Crippen MR) is 142 cm³/mol. The molecule has 4 heteroatoms. The molecule has 186 valence electrons. The zero-order valence-electron chi connectivity index (χ0n) is 21.2. The van der Waals surface area contributed by atoms with Gasteiger partial charge < -0.3 is 14.7 Å². The zero-order chi connectivity index (χ0) is 24.9. The number of piperidine rings is 2. The molecule has 2 fully saturated rings. The van der Waals surface area contributed by atoms with E-state index in [4.69, 9.17) is 4.74 Å². The minimum absolute atomic E-state index is 0.0308. The van der Waals surface area contributed by atoms with Crippen LogP contribution in [0.3, 0.4) is 0 Å². The van der Waals surface area contributed by atoms with E-state index in [9.17, 15) is 9.90 Å². The van der Waals surface area contributed by atoms with Crippen LogP contribution in [0.15, 0.2) is 66.7 Å². The van der Waals surface area contributed by atoms with Crippen LogP contribution in [0.25, 0.3) is 11.1 Å². The second kappa shape index (κ2) is 9.08. The van der Waals surface area contributed by atoms with Crippen molar-refractivity contribution in [1.82, 2.24) is 4.90 Å². The van der Waals surface area contributed by atoms with Gasteiger partial charge in [0.05, 0.1) is 5.60 Å². The van der Waals surface area contributed by atoms with Crippen molar-refractivity contribution in [3.8, 4) is 11.1 Å². The fourth-order valence-corrected chi connectivity index (χ4v) is 7.00. The molecule has 3 aliphatic rings. The van der Waals surface area contributed by atoms with Crippen LogP contribution in [0.2, 0.25) is 0 Å². The lowest BCUT2D eigenvalue weighted by Gasteiger charge is -2.51. The third kappa shape index (κ3) is 4.02. The third-order valence-electron chi connectivity index (χ3n) is 8.88. The quantitative estimate of drug-likeness (QED) is 0.460. The number of hydrogen-bond donors (Lipinski definition) is 1. The summed E-state index contributed by atoms with van der Waals surface area (Å²) in [5, 5.41) is 11.7. The Morgan fingerprint density at radius 1 is 0.917 bits per heavy atom. The topological polar surface area (TPSA) is 49.8 Å². The summed E-state index contributed by atoms with van der Waals surface area (Å²) in [5.41, 5.74) is 7.88. The van der Waals surface area contributed by atoms with Gasteiger partial charge in [0, 0.05) is 24.4 Å². The van der Waals surface area contributed by atoms with Crippen LogP contribution < -0.4 is 0 Å². The Hall–Kier alpha value is -3.11. The highest BCUT2D eigenvalue weighted by molar-refractivity contribution is 5.79. The molecule has 0 saturated carbocycles. The molecular formula is C32H35NO3. The van der Waals surface area contributed by atoms with Crippen molar-refractivity contribution in [2.24, 2.45) is 0 Å². The molecule has 3 aromatic carbocycles. The van der Waals surface area contributed by atoms with Gasteiger partial charge in [-0.3, -0.25) is 0 Å². The van der Waals surface area contributed by atoms with Gasteiger partial charge >= 0.3 is 6.09 Å². The molecule has 2 heterocycles. The molecule has 1 aliphatic carbocycles. The Kier molecular flexibility index (Phi) is 5.88. The molecule has 6 rings (SSSR count). The summed E-state index contributed by atoms with van der Waals surface area (Å²) < 4.78 is 6.04. The van der Waals surface area contributed by atoms with Crippen molar-refractivity contribution >= 4 is 6.09 Å². The van der Waals surface area contributed by atoms with Crippen LogP contribution in [-0.2, 0) is 11.2 Å². The van der Waals surface area contributed by atoms with Gasteiger partial charge in [-0.25, -0.2) is 4.79 Å². The van der Waals surface area contributed by atoms with Gasteiger partial charge in [-0.1, -0.05) is 66.7 Å². The monoisotopic (exact) mass is 481 g/mol. The largest absolute Gasteiger partial charge is 0.448 e. The highest BCUT2D eigenvalue weighted by Gasteiger charge is 2.48. The SMILES string of the molecule is Cc1cccc(CC2(O)CC3CCCC(C2)N3C(=O)OCC2c3ccccc3-c3ccccc32)c1C. The van der Waals surface area contributed by atoms with E-state index in [1.165, 1.54) is 38.9 Å². The summed E-state index contributed by atoms with van der Waals surface area (Å²) in [6.45, 7) is 4.60. The van der Waals surface area contributed by atoms with Crippen molar-refractivity contribution < 1.29 is 14.6 Å². The van der Waals surface area contributed by atoms with Gasteiger partial charge in [-0.15, -0.1) is 0 Å². The van der Waals surface area contributed by atoms with Crippen molar-refractivity contribution in [1.29, 1.82) is 0 Å². The molecule has 2 atom stereocenters. The maximum atomic E-state index is 13.5. The van der Waals surface area contributed by atoms with E-state index in [2.05, 4.69) is 80.6 Å². The lowest BCUT2D eigenvalue weighted by Crippen LogP contribution is -2.60. The van der Waals surface area contributed by atoms with Crippen LogP contribution in [0, 0.1) is 13.8 Å². The predicted octanol–water partition coefficient (Wildman–Crippen LogP) is 6.54. The number of carbonyl (C=O) groups is 1. The maximum Gasteiger partial charge on any atom is 0.410 e. The van der Waals surface area contributed by atoms with E-state index in [0.717, 1.165) is 19.3 Å². The van der Waals surface area contributed by atoms with Crippen molar-refractivity contribution in [3.05, 3.63) is 94.5 Å². The van der Waals surface area contributed by atoms with Crippen LogP contribution in [-0.4, -0.2) is 40.4 Å². The van der Waals surface area contributed by atoms with Crippen molar-refractivity contribution in [2.75, 3.05) is 6.61 Å². The van der Waals surface area contributed by atoms with E-state index >= 15 is 0 Å². The molecule has 0 radical (unpaired) electrons. The highest BCUT2D eigenvalue weighted by atomic mass is 16.6. The standard InChI is InChI=1S/C32H35NO3/c1-21-9-7-10-23(22(21)2)17-32(35)18-24-11-8-12-25(19-32)33(24)31(34)36-20-30-28-15-5-3-13-26(28)27-14-4-6-16-29(27)30/h3-7,9-10,13-16,24-25,30,35H,8,11-12,17-20H2,1-2H3. The summed E-state index contributed by atoms with van der Waals surface area (Å²) in [4.78, 5) is 15.4. The third-order valence-corrected chi connectivity index (χ3v) is 8.88. The number of hydrogen-bond acceptors (Lipinski definition) is 3. The van der Waals surface area contributed by atoms with Crippen LogP contribution in [0.5, 0.6) is 0 Å². The number of nitrogens with zero attached hydrogens (tertiary/aromatic N) is 1.